The maximum atomic E-state index is 12.1. The fraction of sp³-hybridized carbons (Fsp3) is 0.294. The van der Waals surface area contributed by atoms with Gasteiger partial charge in [-0.1, -0.05) is 21.6 Å². The van der Waals surface area contributed by atoms with Gasteiger partial charge in [0.25, 0.3) is 0 Å². The molecule has 0 spiro atoms. The van der Waals surface area contributed by atoms with E-state index in [0.717, 1.165) is 60.1 Å². The van der Waals surface area contributed by atoms with Crippen molar-refractivity contribution in [3.8, 4) is 0 Å². The van der Waals surface area contributed by atoms with E-state index < -0.39 is 0 Å². The first-order chi connectivity index (χ1) is 23.6. The lowest BCUT2D eigenvalue weighted by Crippen LogP contribution is -3.00. The van der Waals surface area contributed by atoms with Crippen LogP contribution < -0.4 is 55.2 Å². The van der Waals surface area contributed by atoms with E-state index in [2.05, 4.69) is 51.7 Å². The predicted molar refractivity (Wildman–Crippen MR) is 194 cm³/mol. The molecule has 15 heteroatoms. The van der Waals surface area contributed by atoms with Crippen LogP contribution in [0.2, 0.25) is 0 Å². The molecule has 0 saturated carbocycles. The number of H-pyrrole nitrogens is 2. The third-order valence-electron chi connectivity index (χ3n) is 6.62. The van der Waals surface area contributed by atoms with Gasteiger partial charge in [0.1, 0.15) is 0 Å². The summed E-state index contributed by atoms with van der Waals surface area (Å²) in [4.78, 5) is 30.1. The number of pyridine rings is 2. The summed E-state index contributed by atoms with van der Waals surface area (Å²) < 4.78 is 0. The number of hydrogen-bond acceptors (Lipinski definition) is 10. The number of benzene rings is 2. The molecule has 2 heterocycles. The van der Waals surface area contributed by atoms with E-state index in [4.69, 9.17) is 0 Å². The fourth-order valence-corrected chi connectivity index (χ4v) is 6.05. The van der Waals surface area contributed by atoms with Crippen molar-refractivity contribution >= 4 is 67.5 Å². The summed E-state index contributed by atoms with van der Waals surface area (Å²) in [7, 11) is 3.25. The van der Waals surface area contributed by atoms with Gasteiger partial charge in [-0.25, -0.2) is 9.97 Å². The first-order valence-corrected chi connectivity index (χ1v) is 18.3. The van der Waals surface area contributed by atoms with Crippen molar-refractivity contribution in [2.24, 2.45) is 20.5 Å². The van der Waals surface area contributed by atoms with Crippen LogP contribution in [0.5, 0.6) is 0 Å². The second-order valence-electron chi connectivity index (χ2n) is 10.4. The average Bonchev–Trinajstić information content (AvgIpc) is 3.13. The largest absolute Gasteiger partial charge is 1.00 e. The van der Waals surface area contributed by atoms with Gasteiger partial charge in [-0.05, 0) is 61.4 Å². The number of rotatable bonds is 21. The van der Waals surface area contributed by atoms with E-state index >= 15 is 0 Å². The summed E-state index contributed by atoms with van der Waals surface area (Å²) in [6.45, 7) is 2.74. The molecule has 2 amide bonds. The highest BCUT2D eigenvalue weighted by Crippen LogP contribution is 2.23. The quantitative estimate of drug-likeness (QED) is 0.0433. The minimum Gasteiger partial charge on any atom is -1.00 e. The molecule has 4 rings (SSSR count). The fourth-order valence-electron chi connectivity index (χ4n) is 4.07. The lowest BCUT2D eigenvalue weighted by Gasteiger charge is -2.08. The highest BCUT2D eigenvalue weighted by atomic mass is 127. The monoisotopic (exact) mass is 813 g/mol. The molecular weight excluding hydrogens is 771 g/mol. The second-order valence-corrected chi connectivity index (χ2v) is 13.1. The normalized spacial score (nSPS) is 10.9. The zero-order chi connectivity index (χ0) is 33.5. The predicted octanol–water partition coefficient (Wildman–Crippen LogP) is 3.85. The highest BCUT2D eigenvalue weighted by molar-refractivity contribution is 8.76. The van der Waals surface area contributed by atoms with Crippen LogP contribution in [0.4, 0.5) is 34.1 Å². The van der Waals surface area contributed by atoms with Gasteiger partial charge in [-0.2, -0.15) is 20.5 Å². The van der Waals surface area contributed by atoms with E-state index in [0.29, 0.717) is 37.4 Å². The number of carbonyl (C=O) groups excluding carboxylic acids is 2. The number of nitrogens with zero attached hydrogens (tertiary/aromatic N) is 4. The highest BCUT2D eigenvalue weighted by Gasteiger charge is 2.04. The lowest BCUT2D eigenvalue weighted by molar-refractivity contribution is -0.378. The van der Waals surface area contributed by atoms with Crippen molar-refractivity contribution in [1.29, 1.82) is 0 Å². The number of aromatic nitrogens is 2. The Morgan fingerprint density at radius 1 is 0.510 bits per heavy atom. The molecule has 0 aliphatic heterocycles. The number of aromatic amines is 2. The van der Waals surface area contributed by atoms with Crippen LogP contribution in [0.25, 0.3) is 0 Å². The van der Waals surface area contributed by atoms with Crippen molar-refractivity contribution in [2.75, 3.05) is 48.3 Å². The minimum absolute atomic E-state index is 0. The van der Waals surface area contributed by atoms with Gasteiger partial charge < -0.3 is 45.2 Å². The van der Waals surface area contributed by atoms with Crippen molar-refractivity contribution in [2.45, 2.75) is 25.7 Å². The first-order valence-electron chi connectivity index (χ1n) is 15.9. The molecule has 12 nitrogen and oxygen atoms in total. The van der Waals surface area contributed by atoms with Gasteiger partial charge in [0, 0.05) is 86.2 Å². The standard InChI is InChI=1S/C34H40N10O2S2.HI/c45-33(39-19-1-17-37-27-3-7-29(8-4-27)41-43-31-11-21-35-22-12-31)15-25-47-48-26-16-34(46)40-20-2-18-38-28-5-9-30(10-6-28)42-44-32-13-23-36-24-14-32;/h3-14,21-24,37-38H,1-2,15-20,25-26H2,(H,39,45)(H,40,46);1H/p+1. The van der Waals surface area contributed by atoms with Crippen molar-refractivity contribution in [1.82, 2.24) is 10.6 Å². The molecule has 258 valence electrons. The molecule has 0 unspecified atom stereocenters. The van der Waals surface area contributed by atoms with Crippen LogP contribution >= 0.6 is 21.6 Å². The Bertz CT molecular complexity index is 1450. The van der Waals surface area contributed by atoms with E-state index in [1.165, 1.54) is 0 Å². The molecule has 4 aromatic rings. The number of anilines is 2. The Morgan fingerprint density at radius 3 is 1.22 bits per heavy atom. The van der Waals surface area contributed by atoms with Crippen LogP contribution in [0.3, 0.4) is 0 Å². The zero-order valence-electron chi connectivity index (χ0n) is 27.1. The van der Waals surface area contributed by atoms with Crippen LogP contribution in [0.1, 0.15) is 25.7 Å². The minimum atomic E-state index is 0. The van der Waals surface area contributed by atoms with Crippen molar-refractivity contribution in [3.63, 3.8) is 0 Å². The average molecular weight is 814 g/mol. The zero-order valence-corrected chi connectivity index (χ0v) is 30.9. The summed E-state index contributed by atoms with van der Waals surface area (Å²) >= 11 is 0. The summed E-state index contributed by atoms with van der Waals surface area (Å²) in [6, 6.07) is 22.9. The molecular formula is C34H42IN10O2S2+. The van der Waals surface area contributed by atoms with E-state index in [1.807, 2.05) is 72.8 Å². The smallest absolute Gasteiger partial charge is 0.220 e. The summed E-state index contributed by atoms with van der Waals surface area (Å²) in [6.07, 6.45) is 9.78. The number of carbonyl (C=O) groups is 2. The number of nitrogens with one attached hydrogen (secondary N) is 6. The van der Waals surface area contributed by atoms with Gasteiger partial charge in [-0.3, -0.25) is 9.59 Å². The van der Waals surface area contributed by atoms with Crippen LogP contribution in [0, 0.1) is 0 Å². The molecule has 0 atom stereocenters. The number of azo groups is 2. The van der Waals surface area contributed by atoms with Gasteiger partial charge in [-0.15, -0.1) is 0 Å². The Kier molecular flexibility index (Phi) is 19.4. The van der Waals surface area contributed by atoms with Gasteiger partial charge in [0.15, 0.2) is 24.8 Å². The Balaban J connectivity index is 0.00000650. The molecule has 49 heavy (non-hydrogen) atoms. The van der Waals surface area contributed by atoms with Crippen LogP contribution in [0.15, 0.2) is 118 Å². The van der Waals surface area contributed by atoms with E-state index in [-0.39, 0.29) is 35.8 Å². The molecule has 0 aliphatic carbocycles. The third-order valence-corrected chi connectivity index (χ3v) is 9.02. The van der Waals surface area contributed by atoms with E-state index in [1.54, 1.807) is 46.4 Å². The molecule has 6 N–H and O–H groups in total. The van der Waals surface area contributed by atoms with Crippen LogP contribution in [-0.2, 0) is 9.59 Å². The number of amides is 2. The topological polar surface area (TPSA) is 160 Å². The molecule has 0 radical (unpaired) electrons. The number of hydrogen-bond donors (Lipinski definition) is 4. The summed E-state index contributed by atoms with van der Waals surface area (Å²) in [5, 5.41) is 29.5. The summed E-state index contributed by atoms with van der Waals surface area (Å²) in [5.41, 5.74) is 5.12. The summed E-state index contributed by atoms with van der Waals surface area (Å²) in [5.74, 6) is 1.52. The maximum Gasteiger partial charge on any atom is 0.220 e. The third kappa shape index (κ3) is 17.2. The van der Waals surface area contributed by atoms with E-state index in [9.17, 15) is 9.59 Å². The SMILES string of the molecule is O=C(CCSSCCC(=O)NCCCNc1ccc(N=Nc2cc[nH+]cc2)cc1)NCCCNc1ccc(N=Nc2cc[nH+]cc2)cc1.[I-]. The first kappa shape index (κ1) is 39.3. The Morgan fingerprint density at radius 2 is 0.857 bits per heavy atom. The maximum absolute atomic E-state index is 12.1. The van der Waals surface area contributed by atoms with Crippen molar-refractivity contribution < 1.29 is 43.5 Å². The lowest BCUT2D eigenvalue weighted by atomic mass is 10.3. The second kappa shape index (κ2) is 24.1. The molecule has 2 aromatic heterocycles. The molecule has 0 fully saturated rings. The van der Waals surface area contributed by atoms with Gasteiger partial charge in [0.2, 0.25) is 11.8 Å². The molecule has 0 saturated heterocycles. The van der Waals surface area contributed by atoms with Gasteiger partial charge in [0.05, 0.1) is 22.7 Å². The molecule has 0 aliphatic rings. The Hall–Kier alpha value is -4.09. The number of halogens is 1. The molecule has 0 bridgehead atoms. The van der Waals surface area contributed by atoms with Crippen LogP contribution in [-0.4, -0.2) is 49.5 Å². The Labute approximate surface area is 312 Å². The van der Waals surface area contributed by atoms with Crippen molar-refractivity contribution in [3.05, 3.63) is 97.6 Å². The van der Waals surface area contributed by atoms with Gasteiger partial charge >= 0.3 is 0 Å². The molecule has 2 aromatic carbocycles.